The first kappa shape index (κ1) is 13.8. The highest BCUT2D eigenvalue weighted by molar-refractivity contribution is 7.90. The van der Waals surface area contributed by atoms with Crippen molar-refractivity contribution in [3.63, 3.8) is 0 Å². The first-order valence-electron chi connectivity index (χ1n) is 4.63. The fourth-order valence-electron chi connectivity index (χ4n) is 1.38. The van der Waals surface area contributed by atoms with Gasteiger partial charge in [-0.2, -0.15) is 0 Å². The second-order valence-corrected chi connectivity index (χ2v) is 6.61. The largest absolute Gasteiger partial charge is 0.312 e. The van der Waals surface area contributed by atoms with E-state index in [1.54, 1.807) is 25.2 Å². The highest BCUT2D eigenvalue weighted by atomic mass is 35.5. The minimum Gasteiger partial charge on any atom is -0.312 e. The Morgan fingerprint density at radius 1 is 1.31 bits per heavy atom. The van der Waals surface area contributed by atoms with E-state index in [0.717, 1.165) is 5.56 Å². The van der Waals surface area contributed by atoms with Crippen molar-refractivity contribution in [1.29, 1.82) is 0 Å². The van der Waals surface area contributed by atoms with Crippen molar-refractivity contribution in [3.8, 4) is 0 Å². The van der Waals surface area contributed by atoms with Crippen LogP contribution < -0.4 is 5.32 Å². The molecule has 0 saturated carbocycles. The smallest absolute Gasteiger partial charge is 0.149 e. The molecule has 1 aromatic rings. The van der Waals surface area contributed by atoms with Gasteiger partial charge in [-0.1, -0.05) is 29.3 Å². The Labute approximate surface area is 106 Å². The van der Waals surface area contributed by atoms with Crippen LogP contribution in [-0.4, -0.2) is 27.5 Å². The topological polar surface area (TPSA) is 46.2 Å². The van der Waals surface area contributed by atoms with E-state index in [1.165, 1.54) is 6.26 Å². The predicted molar refractivity (Wildman–Crippen MR) is 68.0 cm³/mol. The molecule has 3 nitrogen and oxygen atoms in total. The predicted octanol–water partition coefficient (Wildman–Crippen LogP) is 2.30. The highest BCUT2D eigenvalue weighted by Crippen LogP contribution is 2.26. The van der Waals surface area contributed by atoms with Gasteiger partial charge in [0.1, 0.15) is 9.84 Å². The Balaban J connectivity index is 3.00. The van der Waals surface area contributed by atoms with Crippen LogP contribution in [0, 0.1) is 0 Å². The molecule has 90 valence electrons. The monoisotopic (exact) mass is 281 g/mol. The zero-order chi connectivity index (χ0) is 12.3. The van der Waals surface area contributed by atoms with Gasteiger partial charge in [-0.15, -0.1) is 0 Å². The molecule has 1 unspecified atom stereocenters. The number of benzene rings is 1. The SMILES string of the molecule is CNC(CS(C)(=O)=O)c1ccc(Cl)c(Cl)c1. The number of rotatable bonds is 4. The molecule has 0 aliphatic carbocycles. The van der Waals surface area contributed by atoms with Crippen LogP contribution in [0.25, 0.3) is 0 Å². The van der Waals surface area contributed by atoms with Gasteiger partial charge in [0.2, 0.25) is 0 Å². The lowest BCUT2D eigenvalue weighted by atomic mass is 10.1. The molecule has 6 heteroatoms. The lowest BCUT2D eigenvalue weighted by molar-refractivity contribution is 0.579. The molecule has 0 aliphatic heterocycles. The van der Waals surface area contributed by atoms with Crippen molar-refractivity contribution >= 4 is 33.0 Å². The summed E-state index contributed by atoms with van der Waals surface area (Å²) in [5.74, 6) is 0.0292. The lowest BCUT2D eigenvalue weighted by Gasteiger charge is -2.16. The highest BCUT2D eigenvalue weighted by Gasteiger charge is 2.16. The van der Waals surface area contributed by atoms with E-state index in [0.29, 0.717) is 10.0 Å². The normalized spacial score (nSPS) is 13.8. The Morgan fingerprint density at radius 2 is 1.94 bits per heavy atom. The van der Waals surface area contributed by atoms with Gasteiger partial charge in [0.15, 0.2) is 0 Å². The molecule has 16 heavy (non-hydrogen) atoms. The molecular weight excluding hydrogens is 269 g/mol. The number of halogens is 2. The minimum absolute atomic E-state index is 0.0292. The minimum atomic E-state index is -3.05. The van der Waals surface area contributed by atoms with Gasteiger partial charge in [-0.25, -0.2) is 8.42 Å². The molecule has 0 saturated heterocycles. The van der Waals surface area contributed by atoms with Crippen molar-refractivity contribution in [3.05, 3.63) is 33.8 Å². The molecule has 0 fully saturated rings. The summed E-state index contributed by atoms with van der Waals surface area (Å²) >= 11 is 11.7. The second kappa shape index (κ2) is 5.36. The van der Waals surface area contributed by atoms with Gasteiger partial charge in [0.25, 0.3) is 0 Å². The lowest BCUT2D eigenvalue weighted by Crippen LogP contribution is -2.24. The first-order chi connectivity index (χ1) is 7.33. The van der Waals surface area contributed by atoms with Gasteiger partial charge in [-0.3, -0.25) is 0 Å². The van der Waals surface area contributed by atoms with Crippen LogP contribution in [0.1, 0.15) is 11.6 Å². The summed E-state index contributed by atoms with van der Waals surface area (Å²) in [4.78, 5) is 0. The van der Waals surface area contributed by atoms with Crippen LogP contribution in [0.3, 0.4) is 0 Å². The molecule has 0 aromatic heterocycles. The molecule has 1 N–H and O–H groups in total. The molecule has 0 spiro atoms. The first-order valence-corrected chi connectivity index (χ1v) is 7.45. The summed E-state index contributed by atoms with van der Waals surface area (Å²) < 4.78 is 22.5. The fraction of sp³-hybridized carbons (Fsp3) is 0.400. The standard InChI is InChI=1S/C10H13Cl2NO2S/c1-13-10(6-16(2,14)15)7-3-4-8(11)9(12)5-7/h3-5,10,13H,6H2,1-2H3. The maximum absolute atomic E-state index is 11.2. The quantitative estimate of drug-likeness (QED) is 0.921. The van der Waals surface area contributed by atoms with Crippen LogP contribution in [0.2, 0.25) is 10.0 Å². The Bertz CT molecular complexity index is 474. The van der Waals surface area contributed by atoms with Crippen molar-refractivity contribution < 1.29 is 8.42 Å². The summed E-state index contributed by atoms with van der Waals surface area (Å²) in [5.41, 5.74) is 0.808. The zero-order valence-corrected chi connectivity index (χ0v) is 11.3. The molecule has 0 aliphatic rings. The molecule has 1 rings (SSSR count). The summed E-state index contributed by atoms with van der Waals surface area (Å²) in [6.07, 6.45) is 1.20. The van der Waals surface area contributed by atoms with E-state index in [1.807, 2.05) is 0 Å². The van der Waals surface area contributed by atoms with Crippen LogP contribution >= 0.6 is 23.2 Å². The fourth-order valence-corrected chi connectivity index (χ4v) is 2.65. The molecular formula is C10H13Cl2NO2S. The van der Waals surface area contributed by atoms with Crippen molar-refractivity contribution in [2.45, 2.75) is 6.04 Å². The van der Waals surface area contributed by atoms with Crippen LogP contribution in [0.5, 0.6) is 0 Å². The Kier molecular flexibility index (Phi) is 4.62. The molecule has 0 amide bonds. The van der Waals surface area contributed by atoms with Gasteiger partial charge < -0.3 is 5.32 Å². The average Bonchev–Trinajstić information content (AvgIpc) is 2.17. The number of sulfone groups is 1. The van der Waals surface area contributed by atoms with E-state index < -0.39 is 9.84 Å². The van der Waals surface area contributed by atoms with E-state index in [2.05, 4.69) is 5.32 Å². The zero-order valence-electron chi connectivity index (χ0n) is 9.00. The molecule has 0 radical (unpaired) electrons. The third-order valence-corrected chi connectivity index (χ3v) is 3.84. The maximum Gasteiger partial charge on any atom is 0.149 e. The van der Waals surface area contributed by atoms with Gasteiger partial charge in [0, 0.05) is 12.3 Å². The van der Waals surface area contributed by atoms with E-state index in [9.17, 15) is 8.42 Å². The molecule has 0 heterocycles. The van der Waals surface area contributed by atoms with Crippen LogP contribution in [-0.2, 0) is 9.84 Å². The summed E-state index contributed by atoms with van der Waals surface area (Å²) in [7, 11) is -1.34. The third-order valence-electron chi connectivity index (χ3n) is 2.16. The van der Waals surface area contributed by atoms with Gasteiger partial charge in [0.05, 0.1) is 15.8 Å². The summed E-state index contributed by atoms with van der Waals surface area (Å²) in [5, 5.41) is 3.82. The van der Waals surface area contributed by atoms with E-state index in [4.69, 9.17) is 23.2 Å². The van der Waals surface area contributed by atoms with Crippen LogP contribution in [0.4, 0.5) is 0 Å². The number of hydrogen-bond acceptors (Lipinski definition) is 3. The van der Waals surface area contributed by atoms with Crippen LogP contribution in [0.15, 0.2) is 18.2 Å². The third kappa shape index (κ3) is 3.94. The van der Waals surface area contributed by atoms with Crippen molar-refractivity contribution in [2.24, 2.45) is 0 Å². The Hall–Kier alpha value is -0.290. The maximum atomic E-state index is 11.2. The molecule has 1 atom stereocenters. The Morgan fingerprint density at radius 3 is 2.38 bits per heavy atom. The summed E-state index contributed by atoms with van der Waals surface area (Å²) in [6, 6.07) is 4.83. The molecule has 1 aromatic carbocycles. The average molecular weight is 282 g/mol. The van der Waals surface area contributed by atoms with Gasteiger partial charge in [-0.05, 0) is 24.7 Å². The van der Waals surface area contributed by atoms with Crippen molar-refractivity contribution in [2.75, 3.05) is 19.1 Å². The number of nitrogens with one attached hydrogen (secondary N) is 1. The second-order valence-electron chi connectivity index (χ2n) is 3.61. The molecule has 0 bridgehead atoms. The van der Waals surface area contributed by atoms with Crippen molar-refractivity contribution in [1.82, 2.24) is 5.32 Å². The van der Waals surface area contributed by atoms with E-state index >= 15 is 0 Å². The van der Waals surface area contributed by atoms with E-state index in [-0.39, 0.29) is 11.8 Å². The van der Waals surface area contributed by atoms with Gasteiger partial charge >= 0.3 is 0 Å². The summed E-state index contributed by atoms with van der Waals surface area (Å²) in [6.45, 7) is 0. The number of hydrogen-bond donors (Lipinski definition) is 1.